The van der Waals surface area contributed by atoms with Crippen molar-refractivity contribution in [3.63, 3.8) is 0 Å². The summed E-state index contributed by atoms with van der Waals surface area (Å²) in [6.45, 7) is 0.957. The maximum Gasteiger partial charge on any atom is 0.222 e. The molecule has 1 aliphatic carbocycles. The largest absolute Gasteiger partial charge is 0.396 e. The van der Waals surface area contributed by atoms with E-state index in [2.05, 4.69) is 15.3 Å². The number of nitrogens with zero attached hydrogens (tertiary/aromatic N) is 2. The summed E-state index contributed by atoms with van der Waals surface area (Å²) in [7, 11) is 0. The van der Waals surface area contributed by atoms with Crippen molar-refractivity contribution in [3.05, 3.63) is 17.4 Å². The number of aliphatic hydroxyl groups excluding tert-OH is 1. The van der Waals surface area contributed by atoms with Crippen molar-refractivity contribution in [2.75, 3.05) is 18.5 Å². The van der Waals surface area contributed by atoms with Crippen LogP contribution < -0.4 is 5.32 Å². The lowest BCUT2D eigenvalue weighted by atomic mass is 10.1. The SMILES string of the molecule is OCC1(CNc2ncc(Cl)cn2)CC1. The molecule has 0 saturated heterocycles. The topological polar surface area (TPSA) is 58.0 Å². The van der Waals surface area contributed by atoms with Gasteiger partial charge in [0.25, 0.3) is 0 Å². The predicted molar refractivity (Wildman–Crippen MR) is 54.3 cm³/mol. The van der Waals surface area contributed by atoms with Gasteiger partial charge >= 0.3 is 0 Å². The third-order valence-corrected chi connectivity index (χ3v) is 2.73. The Morgan fingerprint density at radius 3 is 2.57 bits per heavy atom. The molecular formula is C9H12ClN3O. The van der Waals surface area contributed by atoms with Crippen molar-refractivity contribution in [1.82, 2.24) is 9.97 Å². The van der Waals surface area contributed by atoms with E-state index in [0.29, 0.717) is 11.0 Å². The Labute approximate surface area is 87.3 Å². The van der Waals surface area contributed by atoms with Gasteiger partial charge < -0.3 is 10.4 Å². The van der Waals surface area contributed by atoms with Crippen LogP contribution in [0.4, 0.5) is 5.95 Å². The normalized spacial score (nSPS) is 17.9. The minimum atomic E-state index is 0.0724. The summed E-state index contributed by atoms with van der Waals surface area (Å²) in [5, 5.41) is 12.7. The summed E-state index contributed by atoms with van der Waals surface area (Å²) < 4.78 is 0. The van der Waals surface area contributed by atoms with Gasteiger partial charge in [-0.3, -0.25) is 0 Å². The first-order chi connectivity index (χ1) is 6.74. The Kier molecular flexibility index (Phi) is 2.56. The van der Waals surface area contributed by atoms with Gasteiger partial charge in [0.15, 0.2) is 0 Å². The second-order valence-electron chi connectivity index (χ2n) is 3.74. The second kappa shape index (κ2) is 3.71. The average Bonchev–Trinajstić information content (AvgIpc) is 2.98. The highest BCUT2D eigenvalue weighted by Gasteiger charge is 2.41. The first-order valence-corrected chi connectivity index (χ1v) is 4.94. The van der Waals surface area contributed by atoms with Crippen LogP contribution in [0.1, 0.15) is 12.8 Å². The Morgan fingerprint density at radius 2 is 2.07 bits per heavy atom. The maximum atomic E-state index is 9.08. The summed E-state index contributed by atoms with van der Waals surface area (Å²) >= 11 is 5.65. The van der Waals surface area contributed by atoms with Gasteiger partial charge in [0, 0.05) is 12.0 Å². The van der Waals surface area contributed by atoms with Crippen LogP contribution in [0.5, 0.6) is 0 Å². The summed E-state index contributed by atoms with van der Waals surface area (Å²) in [5.74, 6) is 0.564. The lowest BCUT2D eigenvalue weighted by Gasteiger charge is -2.11. The van der Waals surface area contributed by atoms with Crippen molar-refractivity contribution < 1.29 is 5.11 Å². The predicted octanol–water partition coefficient (Wildman–Crippen LogP) is 1.31. The van der Waals surface area contributed by atoms with Crippen molar-refractivity contribution in [3.8, 4) is 0 Å². The molecule has 0 atom stereocenters. The van der Waals surface area contributed by atoms with Gasteiger partial charge in [-0.2, -0.15) is 0 Å². The van der Waals surface area contributed by atoms with Crippen LogP contribution in [0.3, 0.4) is 0 Å². The first-order valence-electron chi connectivity index (χ1n) is 4.56. The van der Waals surface area contributed by atoms with Crippen molar-refractivity contribution in [1.29, 1.82) is 0 Å². The molecule has 0 spiro atoms. The highest BCUT2D eigenvalue weighted by molar-refractivity contribution is 6.30. The van der Waals surface area contributed by atoms with E-state index in [1.54, 1.807) is 12.4 Å². The van der Waals surface area contributed by atoms with Gasteiger partial charge in [0.05, 0.1) is 24.0 Å². The quantitative estimate of drug-likeness (QED) is 0.792. The van der Waals surface area contributed by atoms with Crippen molar-refractivity contribution in [2.45, 2.75) is 12.8 Å². The number of halogens is 1. The number of hydrogen-bond acceptors (Lipinski definition) is 4. The van der Waals surface area contributed by atoms with Crippen LogP contribution in [0.15, 0.2) is 12.4 Å². The fraction of sp³-hybridized carbons (Fsp3) is 0.556. The summed E-state index contributed by atoms with van der Waals surface area (Å²) in [5.41, 5.74) is 0.0724. The number of aliphatic hydroxyl groups is 1. The van der Waals surface area contributed by atoms with E-state index < -0.39 is 0 Å². The highest BCUT2D eigenvalue weighted by atomic mass is 35.5. The minimum absolute atomic E-state index is 0.0724. The Balaban J connectivity index is 1.89. The summed E-state index contributed by atoms with van der Waals surface area (Å²) in [6.07, 6.45) is 5.25. The molecule has 1 fully saturated rings. The molecule has 0 unspecified atom stereocenters. The van der Waals surface area contributed by atoms with Gasteiger partial charge in [-0.15, -0.1) is 0 Å². The zero-order valence-electron chi connectivity index (χ0n) is 7.70. The van der Waals surface area contributed by atoms with Crippen LogP contribution in [-0.4, -0.2) is 28.2 Å². The molecule has 0 aromatic carbocycles. The molecular weight excluding hydrogens is 202 g/mol. The summed E-state index contributed by atoms with van der Waals surface area (Å²) in [6, 6.07) is 0. The maximum absolute atomic E-state index is 9.08. The molecule has 0 aliphatic heterocycles. The molecule has 5 heteroatoms. The molecule has 0 bridgehead atoms. The van der Waals surface area contributed by atoms with Crippen LogP contribution in [0, 0.1) is 5.41 Å². The molecule has 4 nitrogen and oxygen atoms in total. The first kappa shape index (κ1) is 9.68. The smallest absolute Gasteiger partial charge is 0.222 e. The molecule has 1 aliphatic rings. The molecule has 2 N–H and O–H groups in total. The van der Waals surface area contributed by atoms with E-state index in [9.17, 15) is 0 Å². The Bertz CT molecular complexity index is 310. The molecule has 1 aromatic rings. The van der Waals surface area contributed by atoms with Crippen LogP contribution in [-0.2, 0) is 0 Å². The highest BCUT2D eigenvalue weighted by Crippen LogP contribution is 2.44. The number of hydrogen-bond donors (Lipinski definition) is 2. The van der Waals surface area contributed by atoms with Gasteiger partial charge in [-0.05, 0) is 12.8 Å². The minimum Gasteiger partial charge on any atom is -0.396 e. The lowest BCUT2D eigenvalue weighted by molar-refractivity contribution is 0.219. The second-order valence-corrected chi connectivity index (χ2v) is 4.17. The third-order valence-electron chi connectivity index (χ3n) is 2.53. The fourth-order valence-corrected chi connectivity index (χ4v) is 1.34. The number of aromatic nitrogens is 2. The molecule has 1 saturated carbocycles. The van der Waals surface area contributed by atoms with Crippen molar-refractivity contribution >= 4 is 17.5 Å². The zero-order chi connectivity index (χ0) is 10.0. The Morgan fingerprint density at radius 1 is 1.43 bits per heavy atom. The van der Waals surface area contributed by atoms with Gasteiger partial charge in [-0.25, -0.2) is 9.97 Å². The zero-order valence-corrected chi connectivity index (χ0v) is 8.46. The Hall–Kier alpha value is -0.870. The van der Waals surface area contributed by atoms with E-state index >= 15 is 0 Å². The van der Waals surface area contributed by atoms with Gasteiger partial charge in [0.2, 0.25) is 5.95 Å². The number of rotatable bonds is 4. The third kappa shape index (κ3) is 2.13. The van der Waals surface area contributed by atoms with Crippen LogP contribution in [0.2, 0.25) is 5.02 Å². The van der Waals surface area contributed by atoms with E-state index in [0.717, 1.165) is 19.4 Å². The fourth-order valence-electron chi connectivity index (χ4n) is 1.24. The number of anilines is 1. The van der Waals surface area contributed by atoms with Crippen molar-refractivity contribution in [2.24, 2.45) is 5.41 Å². The lowest BCUT2D eigenvalue weighted by Crippen LogP contribution is -2.20. The molecule has 76 valence electrons. The summed E-state index contributed by atoms with van der Waals surface area (Å²) in [4.78, 5) is 8.02. The van der Waals surface area contributed by atoms with Gasteiger partial charge in [-0.1, -0.05) is 11.6 Å². The van der Waals surface area contributed by atoms with Crippen LogP contribution >= 0.6 is 11.6 Å². The van der Waals surface area contributed by atoms with E-state index in [-0.39, 0.29) is 12.0 Å². The van der Waals surface area contributed by atoms with E-state index in [4.69, 9.17) is 16.7 Å². The monoisotopic (exact) mass is 213 g/mol. The van der Waals surface area contributed by atoms with Crippen LogP contribution in [0.25, 0.3) is 0 Å². The standard InChI is InChI=1S/C9H12ClN3O/c10-7-3-11-8(12-4-7)13-5-9(6-14)1-2-9/h3-4,14H,1-2,5-6H2,(H,11,12,13). The van der Waals surface area contributed by atoms with E-state index in [1.807, 2.05) is 0 Å². The van der Waals surface area contributed by atoms with E-state index in [1.165, 1.54) is 0 Å². The average molecular weight is 214 g/mol. The molecule has 2 rings (SSSR count). The molecule has 0 amide bonds. The van der Waals surface area contributed by atoms with Gasteiger partial charge in [0.1, 0.15) is 0 Å². The molecule has 0 radical (unpaired) electrons. The molecule has 1 aromatic heterocycles. The molecule has 1 heterocycles. The number of nitrogens with one attached hydrogen (secondary N) is 1. The molecule has 14 heavy (non-hydrogen) atoms.